The number of aromatic nitrogens is 3. The van der Waals surface area contributed by atoms with E-state index in [0.29, 0.717) is 13.2 Å². The second kappa shape index (κ2) is 8.08. The van der Waals surface area contributed by atoms with E-state index in [4.69, 9.17) is 21.1 Å². The Kier molecular flexibility index (Phi) is 5.38. The van der Waals surface area contributed by atoms with Gasteiger partial charge in [-0.05, 0) is 29.3 Å². The van der Waals surface area contributed by atoms with E-state index >= 15 is 0 Å². The third kappa shape index (κ3) is 4.13. The maximum atomic E-state index is 6.24. The van der Waals surface area contributed by atoms with Gasteiger partial charge in [-0.1, -0.05) is 47.1 Å². The minimum Gasteiger partial charge on any atom is -0.497 e. The van der Waals surface area contributed by atoms with Crippen molar-refractivity contribution < 1.29 is 9.47 Å². The highest BCUT2D eigenvalue weighted by Crippen LogP contribution is 2.27. The summed E-state index contributed by atoms with van der Waals surface area (Å²) in [5.41, 5.74) is 3.03. The molecule has 0 N–H and O–H groups in total. The molecule has 2 heterocycles. The van der Waals surface area contributed by atoms with E-state index in [9.17, 15) is 0 Å². The van der Waals surface area contributed by atoms with Gasteiger partial charge in [0.1, 0.15) is 11.4 Å². The van der Waals surface area contributed by atoms with Gasteiger partial charge in [0.15, 0.2) is 6.23 Å². The fourth-order valence-electron chi connectivity index (χ4n) is 3.21. The number of ether oxygens (including phenoxy) is 2. The molecule has 140 valence electrons. The van der Waals surface area contributed by atoms with Gasteiger partial charge in [-0.25, -0.2) is 4.68 Å². The molecule has 4 rings (SSSR count). The molecule has 0 spiro atoms. The molecule has 1 atom stereocenters. The van der Waals surface area contributed by atoms with Crippen LogP contribution in [0.3, 0.4) is 0 Å². The molecule has 7 heteroatoms. The average molecular weight is 385 g/mol. The predicted octanol–water partition coefficient (Wildman–Crippen LogP) is 3.52. The molecule has 1 aliphatic heterocycles. The first-order valence-electron chi connectivity index (χ1n) is 8.85. The lowest BCUT2D eigenvalue weighted by Gasteiger charge is -2.21. The maximum absolute atomic E-state index is 6.24. The zero-order valence-corrected chi connectivity index (χ0v) is 15.8. The van der Waals surface area contributed by atoms with Gasteiger partial charge >= 0.3 is 0 Å². The van der Waals surface area contributed by atoms with Crippen LogP contribution in [0.15, 0.2) is 54.7 Å². The fraction of sp³-hybridized carbons (Fsp3) is 0.300. The zero-order valence-electron chi connectivity index (χ0n) is 15.1. The van der Waals surface area contributed by atoms with Crippen molar-refractivity contribution >= 4 is 11.6 Å². The van der Waals surface area contributed by atoms with Gasteiger partial charge in [0.25, 0.3) is 0 Å². The van der Waals surface area contributed by atoms with Crippen LogP contribution in [0, 0.1) is 0 Å². The predicted molar refractivity (Wildman–Crippen MR) is 103 cm³/mol. The Labute approximate surface area is 163 Å². The first-order valence-corrected chi connectivity index (χ1v) is 9.23. The average Bonchev–Trinajstić information content (AvgIpc) is 3.33. The second-order valence-corrected chi connectivity index (χ2v) is 6.88. The highest BCUT2D eigenvalue weighted by Gasteiger charge is 2.29. The number of hydrogen-bond donors (Lipinski definition) is 0. The summed E-state index contributed by atoms with van der Waals surface area (Å²) in [5.74, 6) is 0.857. The van der Waals surface area contributed by atoms with Crippen LogP contribution in [-0.2, 0) is 17.8 Å². The van der Waals surface area contributed by atoms with E-state index in [-0.39, 0.29) is 6.23 Å². The summed E-state index contributed by atoms with van der Waals surface area (Å²) in [5, 5.41) is 9.30. The minimum absolute atomic E-state index is 0.188. The van der Waals surface area contributed by atoms with Crippen LogP contribution in [0.2, 0.25) is 5.02 Å². The number of halogens is 1. The van der Waals surface area contributed by atoms with E-state index < -0.39 is 0 Å². The van der Waals surface area contributed by atoms with Crippen LogP contribution in [-0.4, -0.2) is 40.2 Å². The SMILES string of the molecule is COc1ccc(CN2CCOC2c2cn(Cc3ccccc3Cl)nn2)cc1. The van der Waals surface area contributed by atoms with Crippen molar-refractivity contribution in [2.75, 3.05) is 20.3 Å². The first kappa shape index (κ1) is 18.0. The van der Waals surface area contributed by atoms with Gasteiger partial charge < -0.3 is 9.47 Å². The van der Waals surface area contributed by atoms with Crippen LogP contribution >= 0.6 is 11.6 Å². The van der Waals surface area contributed by atoms with E-state index in [1.165, 1.54) is 5.56 Å². The molecule has 2 aromatic carbocycles. The first-order chi connectivity index (χ1) is 13.2. The van der Waals surface area contributed by atoms with Gasteiger partial charge in [0.05, 0.1) is 26.5 Å². The quantitative estimate of drug-likeness (QED) is 0.650. The van der Waals surface area contributed by atoms with Crippen molar-refractivity contribution in [2.45, 2.75) is 19.3 Å². The summed E-state index contributed by atoms with van der Waals surface area (Å²) >= 11 is 6.24. The molecule has 1 fully saturated rings. The summed E-state index contributed by atoms with van der Waals surface area (Å²) < 4.78 is 12.9. The van der Waals surface area contributed by atoms with Crippen LogP contribution in [0.5, 0.6) is 5.75 Å². The lowest BCUT2D eigenvalue weighted by Crippen LogP contribution is -2.23. The Morgan fingerprint density at radius 2 is 1.96 bits per heavy atom. The third-order valence-electron chi connectivity index (χ3n) is 4.63. The molecule has 3 aromatic rings. The number of hydrogen-bond acceptors (Lipinski definition) is 5. The molecular formula is C20H21ClN4O2. The Bertz CT molecular complexity index is 897. The van der Waals surface area contributed by atoms with Crippen LogP contribution in [0.25, 0.3) is 0 Å². The Morgan fingerprint density at radius 3 is 2.74 bits per heavy atom. The highest BCUT2D eigenvalue weighted by atomic mass is 35.5. The summed E-state index contributed by atoms with van der Waals surface area (Å²) in [7, 11) is 1.67. The molecule has 1 aliphatic rings. The van der Waals surface area contributed by atoms with Gasteiger partial charge in [-0.2, -0.15) is 0 Å². The summed E-state index contributed by atoms with van der Waals surface area (Å²) in [6, 6.07) is 15.8. The molecule has 1 unspecified atom stereocenters. The number of rotatable bonds is 6. The van der Waals surface area contributed by atoms with Crippen molar-refractivity contribution in [2.24, 2.45) is 0 Å². The minimum atomic E-state index is -0.188. The summed E-state index contributed by atoms with van der Waals surface area (Å²) in [6.45, 7) is 2.90. The molecular weight excluding hydrogens is 364 g/mol. The van der Waals surface area contributed by atoms with Crippen molar-refractivity contribution in [3.8, 4) is 5.75 Å². The smallest absolute Gasteiger partial charge is 0.157 e. The van der Waals surface area contributed by atoms with Crippen molar-refractivity contribution in [3.05, 3.63) is 76.6 Å². The molecule has 0 amide bonds. The standard InChI is InChI=1S/C20H21ClN4O2/c1-26-17-8-6-15(7-9-17)12-24-10-11-27-20(24)19-14-25(23-22-19)13-16-4-2-3-5-18(16)21/h2-9,14,20H,10-13H2,1H3. The Hall–Kier alpha value is -2.41. The molecule has 6 nitrogen and oxygen atoms in total. The molecule has 1 aromatic heterocycles. The van der Waals surface area contributed by atoms with Gasteiger partial charge in [-0.3, -0.25) is 4.90 Å². The molecule has 1 saturated heterocycles. The molecule has 27 heavy (non-hydrogen) atoms. The summed E-state index contributed by atoms with van der Waals surface area (Å²) in [4.78, 5) is 2.26. The number of nitrogens with zero attached hydrogens (tertiary/aromatic N) is 4. The van der Waals surface area contributed by atoms with Crippen molar-refractivity contribution in [1.82, 2.24) is 19.9 Å². The molecule has 0 radical (unpaired) electrons. The van der Waals surface area contributed by atoms with Gasteiger partial charge in [0, 0.05) is 18.1 Å². The molecule has 0 bridgehead atoms. The highest BCUT2D eigenvalue weighted by molar-refractivity contribution is 6.31. The van der Waals surface area contributed by atoms with Gasteiger partial charge in [-0.15, -0.1) is 5.10 Å². The lowest BCUT2D eigenvalue weighted by atomic mass is 10.2. The lowest BCUT2D eigenvalue weighted by molar-refractivity contribution is 0.0252. The van der Waals surface area contributed by atoms with Crippen molar-refractivity contribution in [1.29, 1.82) is 0 Å². The van der Waals surface area contributed by atoms with Crippen LogP contribution in [0.4, 0.5) is 0 Å². The van der Waals surface area contributed by atoms with Crippen LogP contribution < -0.4 is 4.74 Å². The van der Waals surface area contributed by atoms with Crippen LogP contribution in [0.1, 0.15) is 23.0 Å². The Morgan fingerprint density at radius 1 is 1.15 bits per heavy atom. The largest absolute Gasteiger partial charge is 0.497 e. The monoisotopic (exact) mass is 384 g/mol. The van der Waals surface area contributed by atoms with E-state index in [1.807, 2.05) is 42.6 Å². The van der Waals surface area contributed by atoms with Gasteiger partial charge in [0.2, 0.25) is 0 Å². The Balaban J connectivity index is 1.45. The second-order valence-electron chi connectivity index (χ2n) is 6.47. The number of methoxy groups -OCH3 is 1. The number of benzene rings is 2. The zero-order chi connectivity index (χ0) is 18.6. The summed E-state index contributed by atoms with van der Waals surface area (Å²) in [6.07, 6.45) is 1.74. The normalized spacial score (nSPS) is 17.3. The molecule has 0 aliphatic carbocycles. The topological polar surface area (TPSA) is 52.4 Å². The molecule has 0 saturated carbocycles. The van der Waals surface area contributed by atoms with E-state index in [1.54, 1.807) is 11.8 Å². The van der Waals surface area contributed by atoms with Crippen molar-refractivity contribution in [3.63, 3.8) is 0 Å². The van der Waals surface area contributed by atoms with E-state index in [0.717, 1.165) is 35.1 Å². The third-order valence-corrected chi connectivity index (χ3v) is 5.00. The fourth-order valence-corrected chi connectivity index (χ4v) is 3.40. The van der Waals surface area contributed by atoms with E-state index in [2.05, 4.69) is 27.3 Å². The maximum Gasteiger partial charge on any atom is 0.157 e.